The van der Waals surface area contributed by atoms with Crippen LogP contribution in [-0.2, 0) is 0 Å². The molecule has 0 fully saturated rings. The first-order chi connectivity index (χ1) is 12.7. The number of fused-ring (bicyclic) bond motifs is 3. The molecule has 1 amide bonds. The number of pyridine rings is 1. The summed E-state index contributed by atoms with van der Waals surface area (Å²) in [6.07, 6.45) is 3.62. The Morgan fingerprint density at radius 2 is 1.85 bits per heavy atom. The Hall–Kier alpha value is -3.60. The van der Waals surface area contributed by atoms with Gasteiger partial charge in [0.25, 0.3) is 5.91 Å². The van der Waals surface area contributed by atoms with Gasteiger partial charge in [0.2, 0.25) is 0 Å². The van der Waals surface area contributed by atoms with Gasteiger partial charge in [-0.05, 0) is 60.0 Å². The maximum Gasteiger partial charge on any atom is 0.259 e. The van der Waals surface area contributed by atoms with Gasteiger partial charge in [-0.3, -0.25) is 4.79 Å². The number of carbonyl (C=O) groups is 1. The second kappa shape index (κ2) is 5.46. The number of hydrogen-bond donors (Lipinski definition) is 2. The zero-order chi connectivity index (χ0) is 17.7. The van der Waals surface area contributed by atoms with Gasteiger partial charge in [-0.2, -0.15) is 0 Å². The van der Waals surface area contributed by atoms with Crippen LogP contribution in [0, 0.1) is 6.92 Å². The fraction of sp³-hybridized carbons (Fsp3) is 0.0476. The van der Waals surface area contributed by atoms with E-state index >= 15 is 0 Å². The lowest BCUT2D eigenvalue weighted by molar-refractivity contribution is 0.102. The maximum absolute atomic E-state index is 12.8. The van der Waals surface area contributed by atoms with Crippen LogP contribution in [0.25, 0.3) is 22.2 Å². The summed E-state index contributed by atoms with van der Waals surface area (Å²) in [7, 11) is 0. The number of aryl methyl sites for hydroxylation is 1. The molecule has 26 heavy (non-hydrogen) atoms. The summed E-state index contributed by atoms with van der Waals surface area (Å²) in [4.78, 5) is 20.2. The second-order valence-corrected chi connectivity index (χ2v) is 6.37. The Bertz CT molecular complexity index is 1180. The van der Waals surface area contributed by atoms with Gasteiger partial charge in [0, 0.05) is 17.8 Å². The molecule has 0 bridgehead atoms. The third-order valence-corrected chi connectivity index (χ3v) is 4.60. The monoisotopic (exact) mass is 341 g/mol. The lowest BCUT2D eigenvalue weighted by Crippen LogP contribution is -2.10. The SMILES string of the molecule is Cc1ccc2c(c1)NC(=O)c1cc(-c3ccnc4[nH]ccc34)ccc1O2. The molecule has 126 valence electrons. The van der Waals surface area contributed by atoms with Crippen molar-refractivity contribution in [3.63, 3.8) is 0 Å². The number of anilines is 1. The van der Waals surface area contributed by atoms with Crippen LogP contribution < -0.4 is 10.1 Å². The third kappa shape index (κ3) is 2.25. The number of nitrogens with zero attached hydrogens (tertiary/aromatic N) is 1. The predicted molar refractivity (Wildman–Crippen MR) is 101 cm³/mol. The van der Waals surface area contributed by atoms with Crippen LogP contribution in [0.4, 0.5) is 5.69 Å². The molecule has 0 unspecified atom stereocenters. The van der Waals surface area contributed by atoms with E-state index in [0.29, 0.717) is 22.7 Å². The number of H-pyrrole nitrogens is 1. The van der Waals surface area contributed by atoms with E-state index in [1.165, 1.54) is 0 Å². The lowest BCUT2D eigenvalue weighted by atomic mass is 10.0. The number of amides is 1. The largest absolute Gasteiger partial charge is 0.454 e. The maximum atomic E-state index is 12.8. The molecule has 4 aromatic rings. The quantitative estimate of drug-likeness (QED) is 0.518. The highest BCUT2D eigenvalue weighted by atomic mass is 16.5. The van der Waals surface area contributed by atoms with Crippen molar-refractivity contribution in [1.29, 1.82) is 0 Å². The molecule has 5 rings (SSSR count). The molecule has 2 aromatic carbocycles. The van der Waals surface area contributed by atoms with Crippen molar-refractivity contribution in [2.45, 2.75) is 6.92 Å². The van der Waals surface area contributed by atoms with Crippen molar-refractivity contribution >= 4 is 22.6 Å². The number of aromatic nitrogens is 2. The van der Waals surface area contributed by atoms with Crippen molar-refractivity contribution in [3.8, 4) is 22.6 Å². The molecule has 5 nitrogen and oxygen atoms in total. The number of benzene rings is 2. The highest BCUT2D eigenvalue weighted by Gasteiger charge is 2.22. The Kier molecular flexibility index (Phi) is 3.09. The Balaban J connectivity index is 1.64. The van der Waals surface area contributed by atoms with E-state index in [2.05, 4.69) is 15.3 Å². The van der Waals surface area contributed by atoms with Crippen LogP contribution in [0.5, 0.6) is 11.5 Å². The van der Waals surface area contributed by atoms with Crippen LogP contribution in [0.1, 0.15) is 15.9 Å². The number of carbonyl (C=O) groups excluding carboxylic acids is 1. The standard InChI is InChI=1S/C21H15N3O2/c1-12-2-4-19-17(10-12)24-21(25)16-11-13(3-5-18(16)26-19)14-6-8-22-20-15(14)7-9-23-20/h2-11H,1H3,(H,22,23)(H,24,25). The van der Waals surface area contributed by atoms with E-state index in [1.807, 2.05) is 61.7 Å². The fourth-order valence-electron chi connectivity index (χ4n) is 3.32. The van der Waals surface area contributed by atoms with Gasteiger partial charge in [0.05, 0.1) is 11.3 Å². The van der Waals surface area contributed by atoms with Crippen molar-refractivity contribution in [2.24, 2.45) is 0 Å². The van der Waals surface area contributed by atoms with Crippen LogP contribution in [0.15, 0.2) is 60.9 Å². The summed E-state index contributed by atoms with van der Waals surface area (Å²) in [6.45, 7) is 1.98. The Labute approximate surface area is 149 Å². The summed E-state index contributed by atoms with van der Waals surface area (Å²) >= 11 is 0. The van der Waals surface area contributed by atoms with Crippen molar-refractivity contribution in [3.05, 3.63) is 72.1 Å². The summed E-state index contributed by atoms with van der Waals surface area (Å²) in [5.41, 5.74) is 5.04. The van der Waals surface area contributed by atoms with E-state index in [0.717, 1.165) is 27.7 Å². The number of nitrogens with one attached hydrogen (secondary N) is 2. The fourth-order valence-corrected chi connectivity index (χ4v) is 3.32. The second-order valence-electron chi connectivity index (χ2n) is 6.37. The minimum Gasteiger partial charge on any atom is -0.454 e. The first-order valence-electron chi connectivity index (χ1n) is 8.35. The topological polar surface area (TPSA) is 67.0 Å². The molecule has 1 aliphatic rings. The van der Waals surface area contributed by atoms with Gasteiger partial charge in [-0.25, -0.2) is 4.98 Å². The minimum absolute atomic E-state index is 0.175. The van der Waals surface area contributed by atoms with Crippen LogP contribution in [0.3, 0.4) is 0 Å². The van der Waals surface area contributed by atoms with E-state index < -0.39 is 0 Å². The summed E-state index contributed by atoms with van der Waals surface area (Å²) in [6, 6.07) is 15.4. The summed E-state index contributed by atoms with van der Waals surface area (Å²) in [5, 5.41) is 3.96. The molecule has 0 saturated carbocycles. The van der Waals surface area contributed by atoms with Gasteiger partial charge in [0.1, 0.15) is 11.4 Å². The molecule has 0 aliphatic carbocycles. The number of ether oxygens (including phenoxy) is 1. The molecule has 1 aliphatic heterocycles. The van der Waals surface area contributed by atoms with Gasteiger partial charge >= 0.3 is 0 Å². The van der Waals surface area contributed by atoms with Crippen molar-refractivity contribution < 1.29 is 9.53 Å². The van der Waals surface area contributed by atoms with Gasteiger partial charge in [-0.1, -0.05) is 12.1 Å². The van der Waals surface area contributed by atoms with Gasteiger partial charge in [-0.15, -0.1) is 0 Å². The average molecular weight is 341 g/mol. The van der Waals surface area contributed by atoms with Crippen molar-refractivity contribution in [2.75, 3.05) is 5.32 Å². The number of rotatable bonds is 1. The summed E-state index contributed by atoms with van der Waals surface area (Å²) in [5.74, 6) is 1.02. The van der Waals surface area contributed by atoms with Crippen LogP contribution >= 0.6 is 0 Å². The highest BCUT2D eigenvalue weighted by Crippen LogP contribution is 2.38. The lowest BCUT2D eigenvalue weighted by Gasteiger charge is -2.10. The molecule has 3 heterocycles. The summed E-state index contributed by atoms with van der Waals surface area (Å²) < 4.78 is 5.99. The van der Waals surface area contributed by atoms with Crippen LogP contribution in [0.2, 0.25) is 0 Å². The Morgan fingerprint density at radius 3 is 2.77 bits per heavy atom. The van der Waals surface area contributed by atoms with Crippen LogP contribution in [-0.4, -0.2) is 15.9 Å². The zero-order valence-corrected chi connectivity index (χ0v) is 14.0. The Morgan fingerprint density at radius 1 is 0.962 bits per heavy atom. The van der Waals surface area contributed by atoms with E-state index in [-0.39, 0.29) is 5.91 Å². The number of aromatic amines is 1. The van der Waals surface area contributed by atoms with Gasteiger partial charge < -0.3 is 15.0 Å². The number of hydrogen-bond acceptors (Lipinski definition) is 3. The third-order valence-electron chi connectivity index (χ3n) is 4.60. The molecular formula is C21H15N3O2. The average Bonchev–Trinajstić information content (AvgIpc) is 3.08. The van der Waals surface area contributed by atoms with Gasteiger partial charge in [0.15, 0.2) is 5.75 Å². The molecule has 0 radical (unpaired) electrons. The normalized spacial score (nSPS) is 12.7. The van der Waals surface area contributed by atoms with E-state index in [1.54, 1.807) is 6.20 Å². The molecule has 0 spiro atoms. The molecule has 5 heteroatoms. The highest BCUT2D eigenvalue weighted by molar-refractivity contribution is 6.09. The molecule has 0 atom stereocenters. The predicted octanol–water partition coefficient (Wildman–Crippen LogP) is 4.90. The molecule has 2 N–H and O–H groups in total. The minimum atomic E-state index is -0.175. The molecular weight excluding hydrogens is 326 g/mol. The smallest absolute Gasteiger partial charge is 0.259 e. The zero-order valence-electron chi connectivity index (χ0n) is 14.0. The molecule has 2 aromatic heterocycles. The first kappa shape index (κ1) is 14.7. The molecule has 0 saturated heterocycles. The van der Waals surface area contributed by atoms with Crippen molar-refractivity contribution in [1.82, 2.24) is 9.97 Å². The first-order valence-corrected chi connectivity index (χ1v) is 8.35. The van der Waals surface area contributed by atoms with E-state index in [9.17, 15) is 4.79 Å². The van der Waals surface area contributed by atoms with E-state index in [4.69, 9.17) is 4.74 Å².